The Hall–Kier alpha value is -0.380. The topological polar surface area (TPSA) is 21.3 Å². The zero-order valence-electron chi connectivity index (χ0n) is 8.52. The molecule has 0 aromatic carbocycles. The van der Waals surface area contributed by atoms with Crippen LogP contribution in [0.3, 0.4) is 0 Å². The van der Waals surface area contributed by atoms with Crippen molar-refractivity contribution in [3.8, 4) is 0 Å². The molecule has 0 saturated carbocycles. The zero-order valence-corrected chi connectivity index (χ0v) is 9.33. The van der Waals surface area contributed by atoms with Crippen molar-refractivity contribution in [2.24, 2.45) is 0 Å². The third-order valence-corrected chi connectivity index (χ3v) is 2.95. The molecule has 0 saturated heterocycles. The fourth-order valence-electron chi connectivity index (χ4n) is 1.26. The molecule has 0 spiro atoms. The Morgan fingerprint density at radius 2 is 2.23 bits per heavy atom. The summed E-state index contributed by atoms with van der Waals surface area (Å²) in [5.74, 6) is 0. The van der Waals surface area contributed by atoms with Crippen molar-refractivity contribution in [2.45, 2.75) is 20.4 Å². The molecule has 0 fully saturated rings. The van der Waals surface area contributed by atoms with Gasteiger partial charge in [0.25, 0.3) is 0 Å². The lowest BCUT2D eigenvalue weighted by molar-refractivity contribution is 0.199. The molecule has 1 aromatic rings. The van der Waals surface area contributed by atoms with Crippen LogP contribution in [-0.2, 0) is 11.3 Å². The minimum atomic E-state index is 0.780. The van der Waals surface area contributed by atoms with Gasteiger partial charge in [0.15, 0.2) is 0 Å². The SMILES string of the molecule is COCCNCc1cc(C)sc1C. The maximum absolute atomic E-state index is 4.96. The lowest BCUT2D eigenvalue weighted by Gasteiger charge is -2.02. The monoisotopic (exact) mass is 199 g/mol. The first-order valence-corrected chi connectivity index (χ1v) is 5.31. The Labute approximate surface area is 83.9 Å². The Kier molecular flexibility index (Phi) is 4.42. The van der Waals surface area contributed by atoms with Crippen molar-refractivity contribution in [2.75, 3.05) is 20.3 Å². The second kappa shape index (κ2) is 5.37. The van der Waals surface area contributed by atoms with E-state index in [1.165, 1.54) is 15.3 Å². The molecule has 74 valence electrons. The predicted molar refractivity (Wildman–Crippen MR) is 57.4 cm³/mol. The second-order valence-corrected chi connectivity index (χ2v) is 4.57. The fraction of sp³-hybridized carbons (Fsp3) is 0.600. The summed E-state index contributed by atoms with van der Waals surface area (Å²) in [7, 11) is 1.72. The molecule has 0 aliphatic carbocycles. The Balaban J connectivity index is 2.32. The van der Waals surface area contributed by atoms with Crippen LogP contribution in [-0.4, -0.2) is 20.3 Å². The van der Waals surface area contributed by atoms with E-state index in [2.05, 4.69) is 25.2 Å². The first kappa shape index (κ1) is 10.7. The Bertz CT molecular complexity index is 257. The quantitative estimate of drug-likeness (QED) is 0.733. The van der Waals surface area contributed by atoms with Gasteiger partial charge in [-0.05, 0) is 25.5 Å². The summed E-state index contributed by atoms with van der Waals surface area (Å²) in [4.78, 5) is 2.81. The van der Waals surface area contributed by atoms with Crippen LogP contribution < -0.4 is 5.32 Å². The van der Waals surface area contributed by atoms with Gasteiger partial charge in [0.1, 0.15) is 0 Å². The molecule has 0 unspecified atom stereocenters. The van der Waals surface area contributed by atoms with Gasteiger partial charge in [0.05, 0.1) is 6.61 Å². The van der Waals surface area contributed by atoms with E-state index in [9.17, 15) is 0 Å². The summed E-state index contributed by atoms with van der Waals surface area (Å²) >= 11 is 1.86. The maximum atomic E-state index is 4.96. The van der Waals surface area contributed by atoms with Crippen LogP contribution in [0.2, 0.25) is 0 Å². The van der Waals surface area contributed by atoms with Crippen molar-refractivity contribution in [1.82, 2.24) is 5.32 Å². The molecule has 1 N–H and O–H groups in total. The molecule has 1 rings (SSSR count). The van der Waals surface area contributed by atoms with Crippen LogP contribution in [0.5, 0.6) is 0 Å². The summed E-state index contributed by atoms with van der Waals surface area (Å²) in [6.45, 7) is 6.98. The summed E-state index contributed by atoms with van der Waals surface area (Å²) in [5, 5.41) is 3.34. The van der Waals surface area contributed by atoms with Gasteiger partial charge in [0, 0.05) is 30.0 Å². The number of rotatable bonds is 5. The van der Waals surface area contributed by atoms with Crippen LogP contribution in [0.15, 0.2) is 6.07 Å². The largest absolute Gasteiger partial charge is 0.383 e. The lowest BCUT2D eigenvalue weighted by Crippen LogP contribution is -2.18. The summed E-state index contributed by atoms with van der Waals surface area (Å²) in [6, 6.07) is 2.25. The average molecular weight is 199 g/mol. The number of thiophene rings is 1. The molecule has 0 aliphatic heterocycles. The Morgan fingerprint density at radius 1 is 1.46 bits per heavy atom. The summed E-state index contributed by atoms with van der Waals surface area (Å²) in [6.07, 6.45) is 0. The van der Waals surface area contributed by atoms with E-state index >= 15 is 0 Å². The average Bonchev–Trinajstić information content (AvgIpc) is 2.39. The van der Waals surface area contributed by atoms with Crippen molar-refractivity contribution in [3.63, 3.8) is 0 Å². The Morgan fingerprint density at radius 3 is 2.77 bits per heavy atom. The number of aryl methyl sites for hydroxylation is 2. The van der Waals surface area contributed by atoms with Crippen LogP contribution in [0.4, 0.5) is 0 Å². The van der Waals surface area contributed by atoms with Crippen molar-refractivity contribution >= 4 is 11.3 Å². The number of ether oxygens (including phenoxy) is 1. The van der Waals surface area contributed by atoms with Crippen LogP contribution in [0.25, 0.3) is 0 Å². The van der Waals surface area contributed by atoms with Gasteiger partial charge in [-0.15, -0.1) is 11.3 Å². The molecule has 0 amide bonds. The van der Waals surface area contributed by atoms with E-state index in [4.69, 9.17) is 4.74 Å². The van der Waals surface area contributed by atoms with Crippen LogP contribution >= 0.6 is 11.3 Å². The van der Waals surface area contributed by atoms with Gasteiger partial charge in [0.2, 0.25) is 0 Å². The van der Waals surface area contributed by atoms with Crippen molar-refractivity contribution in [1.29, 1.82) is 0 Å². The molecule has 3 heteroatoms. The van der Waals surface area contributed by atoms with Gasteiger partial charge in [-0.25, -0.2) is 0 Å². The zero-order chi connectivity index (χ0) is 9.68. The van der Waals surface area contributed by atoms with E-state index in [0.717, 1.165) is 19.7 Å². The van der Waals surface area contributed by atoms with Gasteiger partial charge < -0.3 is 10.1 Å². The van der Waals surface area contributed by atoms with Gasteiger partial charge in [-0.1, -0.05) is 0 Å². The number of methoxy groups -OCH3 is 1. The standard InChI is InChI=1S/C10H17NOS/c1-8-6-10(9(2)13-8)7-11-4-5-12-3/h6,11H,4-5,7H2,1-3H3. The first-order chi connectivity index (χ1) is 6.24. The van der Waals surface area contributed by atoms with E-state index in [1.54, 1.807) is 7.11 Å². The molecule has 0 atom stereocenters. The highest BCUT2D eigenvalue weighted by atomic mass is 32.1. The number of nitrogens with one attached hydrogen (secondary N) is 1. The molecule has 1 heterocycles. The molecular weight excluding hydrogens is 182 g/mol. The molecule has 13 heavy (non-hydrogen) atoms. The van der Waals surface area contributed by atoms with E-state index in [0.29, 0.717) is 0 Å². The first-order valence-electron chi connectivity index (χ1n) is 4.49. The summed E-state index contributed by atoms with van der Waals surface area (Å²) in [5.41, 5.74) is 1.42. The molecule has 0 bridgehead atoms. The van der Waals surface area contributed by atoms with Gasteiger partial charge in [-0.3, -0.25) is 0 Å². The van der Waals surface area contributed by atoms with Crippen LogP contribution in [0.1, 0.15) is 15.3 Å². The third kappa shape index (κ3) is 3.46. The van der Waals surface area contributed by atoms with Crippen LogP contribution in [0, 0.1) is 13.8 Å². The molecule has 0 radical (unpaired) electrons. The normalized spacial score (nSPS) is 10.7. The maximum Gasteiger partial charge on any atom is 0.0587 e. The number of hydrogen-bond donors (Lipinski definition) is 1. The highest BCUT2D eigenvalue weighted by Gasteiger charge is 2.01. The lowest BCUT2D eigenvalue weighted by atomic mass is 10.2. The predicted octanol–water partition coefficient (Wildman–Crippen LogP) is 2.10. The van der Waals surface area contributed by atoms with E-state index in [-0.39, 0.29) is 0 Å². The summed E-state index contributed by atoms with van der Waals surface area (Å²) < 4.78 is 4.96. The van der Waals surface area contributed by atoms with Crippen molar-refractivity contribution < 1.29 is 4.74 Å². The highest BCUT2D eigenvalue weighted by Crippen LogP contribution is 2.19. The molecular formula is C10H17NOS. The van der Waals surface area contributed by atoms with E-state index in [1.807, 2.05) is 11.3 Å². The molecule has 0 aliphatic rings. The minimum absolute atomic E-state index is 0.780. The minimum Gasteiger partial charge on any atom is -0.383 e. The van der Waals surface area contributed by atoms with Crippen molar-refractivity contribution in [3.05, 3.63) is 21.4 Å². The number of hydrogen-bond acceptors (Lipinski definition) is 3. The van der Waals surface area contributed by atoms with Gasteiger partial charge >= 0.3 is 0 Å². The molecule has 2 nitrogen and oxygen atoms in total. The van der Waals surface area contributed by atoms with Gasteiger partial charge in [-0.2, -0.15) is 0 Å². The van der Waals surface area contributed by atoms with E-state index < -0.39 is 0 Å². The fourth-order valence-corrected chi connectivity index (χ4v) is 2.20. The highest BCUT2D eigenvalue weighted by molar-refractivity contribution is 7.12. The molecule has 1 aromatic heterocycles. The second-order valence-electron chi connectivity index (χ2n) is 3.11. The third-order valence-electron chi connectivity index (χ3n) is 1.94. The smallest absolute Gasteiger partial charge is 0.0587 e.